The fourth-order valence-corrected chi connectivity index (χ4v) is 2.85. The lowest BCUT2D eigenvalue weighted by Crippen LogP contribution is -2.47. The summed E-state index contributed by atoms with van der Waals surface area (Å²) >= 11 is 0. The van der Waals surface area contributed by atoms with Crippen LogP contribution in [0.5, 0.6) is 0 Å². The van der Waals surface area contributed by atoms with Crippen molar-refractivity contribution in [3.63, 3.8) is 0 Å². The van der Waals surface area contributed by atoms with Crippen molar-refractivity contribution in [1.82, 2.24) is 10.2 Å². The SMILES string of the molecule is CCCCCCN1C(CO)C(O)C(O)C1CNC(C)=O. The van der Waals surface area contributed by atoms with Crippen LogP contribution in [-0.4, -0.2) is 70.1 Å². The zero-order valence-electron chi connectivity index (χ0n) is 12.5. The van der Waals surface area contributed by atoms with Gasteiger partial charge in [0.05, 0.1) is 30.9 Å². The average molecular weight is 288 g/mol. The number of amides is 1. The molecule has 0 aromatic carbocycles. The van der Waals surface area contributed by atoms with Crippen LogP contribution in [0.3, 0.4) is 0 Å². The van der Waals surface area contributed by atoms with Crippen LogP contribution >= 0.6 is 0 Å². The first-order valence-corrected chi connectivity index (χ1v) is 7.50. The highest BCUT2D eigenvalue weighted by Crippen LogP contribution is 2.25. The van der Waals surface area contributed by atoms with E-state index in [-0.39, 0.29) is 25.1 Å². The normalized spacial score (nSPS) is 30.6. The Bertz CT molecular complexity index is 301. The average Bonchev–Trinajstić information content (AvgIpc) is 2.64. The smallest absolute Gasteiger partial charge is 0.216 e. The summed E-state index contributed by atoms with van der Waals surface area (Å²) < 4.78 is 0. The van der Waals surface area contributed by atoms with E-state index in [4.69, 9.17) is 0 Å². The lowest BCUT2D eigenvalue weighted by molar-refractivity contribution is -0.119. The molecule has 0 spiro atoms. The molecule has 1 saturated heterocycles. The van der Waals surface area contributed by atoms with Gasteiger partial charge in [0.15, 0.2) is 0 Å². The van der Waals surface area contributed by atoms with E-state index < -0.39 is 18.2 Å². The van der Waals surface area contributed by atoms with Gasteiger partial charge in [0.2, 0.25) is 5.91 Å². The monoisotopic (exact) mass is 288 g/mol. The van der Waals surface area contributed by atoms with Gasteiger partial charge in [0, 0.05) is 13.5 Å². The maximum Gasteiger partial charge on any atom is 0.216 e. The molecule has 1 aliphatic rings. The van der Waals surface area contributed by atoms with E-state index in [1.807, 2.05) is 4.90 Å². The van der Waals surface area contributed by atoms with Gasteiger partial charge < -0.3 is 20.6 Å². The number of rotatable bonds is 8. The second kappa shape index (κ2) is 8.56. The van der Waals surface area contributed by atoms with Gasteiger partial charge in [-0.3, -0.25) is 9.69 Å². The summed E-state index contributed by atoms with van der Waals surface area (Å²) in [6, 6.07) is -0.793. The number of aliphatic hydroxyl groups is 3. The molecule has 0 bridgehead atoms. The number of nitrogens with one attached hydrogen (secondary N) is 1. The minimum atomic E-state index is -0.968. The Morgan fingerprint density at radius 1 is 1.15 bits per heavy atom. The first kappa shape index (κ1) is 17.4. The van der Waals surface area contributed by atoms with E-state index >= 15 is 0 Å². The number of unbranched alkanes of at least 4 members (excludes halogenated alkanes) is 3. The minimum Gasteiger partial charge on any atom is -0.395 e. The Hall–Kier alpha value is -0.690. The fourth-order valence-electron chi connectivity index (χ4n) is 2.85. The van der Waals surface area contributed by atoms with Gasteiger partial charge in [-0.15, -0.1) is 0 Å². The zero-order chi connectivity index (χ0) is 15.1. The number of hydrogen-bond donors (Lipinski definition) is 4. The topological polar surface area (TPSA) is 93.0 Å². The summed E-state index contributed by atoms with van der Waals surface area (Å²) in [4.78, 5) is 13.0. The van der Waals surface area contributed by atoms with Crippen molar-refractivity contribution in [2.24, 2.45) is 0 Å². The summed E-state index contributed by atoms with van der Waals surface area (Å²) in [6.07, 6.45) is 2.43. The standard InChI is InChI=1S/C14H28N2O4/c1-3-4-5-6-7-16-11(8-15-10(2)18)13(19)14(20)12(16)9-17/h11-14,17,19-20H,3-9H2,1-2H3,(H,15,18). The van der Waals surface area contributed by atoms with E-state index in [2.05, 4.69) is 12.2 Å². The van der Waals surface area contributed by atoms with Crippen molar-refractivity contribution in [1.29, 1.82) is 0 Å². The van der Waals surface area contributed by atoms with E-state index in [1.165, 1.54) is 6.92 Å². The van der Waals surface area contributed by atoms with Gasteiger partial charge in [-0.2, -0.15) is 0 Å². The van der Waals surface area contributed by atoms with Crippen LogP contribution in [0.4, 0.5) is 0 Å². The second-order valence-corrected chi connectivity index (χ2v) is 5.53. The van der Waals surface area contributed by atoms with E-state index in [0.717, 1.165) is 25.7 Å². The van der Waals surface area contributed by atoms with Crippen LogP contribution in [0.2, 0.25) is 0 Å². The van der Waals surface area contributed by atoms with Gasteiger partial charge in [-0.05, 0) is 13.0 Å². The molecule has 0 aliphatic carbocycles. The lowest BCUT2D eigenvalue weighted by atomic mass is 10.1. The van der Waals surface area contributed by atoms with Crippen molar-refractivity contribution < 1.29 is 20.1 Å². The third-order valence-electron chi connectivity index (χ3n) is 4.01. The quantitative estimate of drug-likeness (QED) is 0.451. The Labute approximate surface area is 120 Å². The molecular weight excluding hydrogens is 260 g/mol. The highest BCUT2D eigenvalue weighted by atomic mass is 16.3. The number of carbonyl (C=O) groups excluding carboxylic acids is 1. The molecule has 6 nitrogen and oxygen atoms in total. The first-order valence-electron chi connectivity index (χ1n) is 7.50. The number of likely N-dealkylation sites (tertiary alicyclic amines) is 1. The molecule has 1 aliphatic heterocycles. The molecule has 6 heteroatoms. The van der Waals surface area contributed by atoms with E-state index in [0.29, 0.717) is 6.54 Å². The second-order valence-electron chi connectivity index (χ2n) is 5.53. The highest BCUT2D eigenvalue weighted by molar-refractivity contribution is 5.72. The molecule has 118 valence electrons. The van der Waals surface area contributed by atoms with E-state index in [9.17, 15) is 20.1 Å². The molecule has 0 radical (unpaired) electrons. The largest absolute Gasteiger partial charge is 0.395 e. The molecular formula is C14H28N2O4. The lowest BCUT2D eigenvalue weighted by Gasteiger charge is -2.29. The summed E-state index contributed by atoms with van der Waals surface area (Å²) in [5, 5.41) is 32.2. The third kappa shape index (κ3) is 4.41. The summed E-state index contributed by atoms with van der Waals surface area (Å²) in [7, 11) is 0. The van der Waals surface area contributed by atoms with Gasteiger partial charge in [0.1, 0.15) is 0 Å². The number of carbonyl (C=O) groups is 1. The Morgan fingerprint density at radius 2 is 1.80 bits per heavy atom. The number of nitrogens with zero attached hydrogens (tertiary/aromatic N) is 1. The molecule has 20 heavy (non-hydrogen) atoms. The van der Waals surface area contributed by atoms with Crippen LogP contribution in [-0.2, 0) is 4.79 Å². The van der Waals surface area contributed by atoms with Crippen molar-refractivity contribution in [2.45, 2.75) is 63.8 Å². The van der Waals surface area contributed by atoms with Crippen LogP contribution in [0.1, 0.15) is 39.5 Å². The van der Waals surface area contributed by atoms with Crippen molar-refractivity contribution in [3.05, 3.63) is 0 Å². The molecule has 4 unspecified atom stereocenters. The molecule has 4 N–H and O–H groups in total. The molecule has 4 atom stereocenters. The molecule has 1 heterocycles. The molecule has 0 aromatic heterocycles. The van der Waals surface area contributed by atoms with Gasteiger partial charge >= 0.3 is 0 Å². The third-order valence-corrected chi connectivity index (χ3v) is 4.01. The van der Waals surface area contributed by atoms with Crippen LogP contribution in [0.25, 0.3) is 0 Å². The Kier molecular flexibility index (Phi) is 7.43. The van der Waals surface area contributed by atoms with Crippen molar-refractivity contribution >= 4 is 5.91 Å². The molecule has 0 aromatic rings. The number of hydrogen-bond acceptors (Lipinski definition) is 5. The van der Waals surface area contributed by atoms with Crippen molar-refractivity contribution in [2.75, 3.05) is 19.7 Å². The molecule has 1 amide bonds. The van der Waals surface area contributed by atoms with Crippen LogP contribution in [0, 0.1) is 0 Å². The predicted molar refractivity (Wildman–Crippen MR) is 76.2 cm³/mol. The zero-order valence-corrected chi connectivity index (χ0v) is 12.5. The first-order chi connectivity index (χ1) is 9.52. The van der Waals surface area contributed by atoms with Gasteiger partial charge in [-0.1, -0.05) is 26.2 Å². The van der Waals surface area contributed by atoms with Crippen LogP contribution in [0.15, 0.2) is 0 Å². The summed E-state index contributed by atoms with van der Waals surface area (Å²) in [6.45, 7) is 4.37. The van der Waals surface area contributed by atoms with Crippen molar-refractivity contribution in [3.8, 4) is 0 Å². The molecule has 1 rings (SSSR count). The molecule has 0 saturated carbocycles. The minimum absolute atomic E-state index is 0.162. The molecule has 1 fully saturated rings. The van der Waals surface area contributed by atoms with Gasteiger partial charge in [0.25, 0.3) is 0 Å². The maximum atomic E-state index is 11.0. The van der Waals surface area contributed by atoms with Crippen LogP contribution < -0.4 is 5.32 Å². The van der Waals surface area contributed by atoms with Gasteiger partial charge in [-0.25, -0.2) is 0 Å². The Balaban J connectivity index is 2.62. The highest BCUT2D eigenvalue weighted by Gasteiger charge is 2.46. The predicted octanol–water partition coefficient (Wildman–Crippen LogP) is -0.530. The summed E-state index contributed by atoms with van der Waals surface area (Å²) in [5.41, 5.74) is 0. The maximum absolute atomic E-state index is 11.0. The van der Waals surface area contributed by atoms with E-state index in [1.54, 1.807) is 0 Å². The number of aliphatic hydroxyl groups excluding tert-OH is 3. The summed E-state index contributed by atoms with van der Waals surface area (Å²) in [5.74, 6) is -0.162. The fraction of sp³-hybridized carbons (Fsp3) is 0.929. The Morgan fingerprint density at radius 3 is 2.35 bits per heavy atom.